The number of aromatic nitrogens is 1. The van der Waals surface area contributed by atoms with Gasteiger partial charge in [0.1, 0.15) is 11.6 Å². The molecule has 18 heavy (non-hydrogen) atoms. The summed E-state index contributed by atoms with van der Waals surface area (Å²) in [5, 5.41) is 0. The van der Waals surface area contributed by atoms with Crippen LogP contribution in [0.15, 0.2) is 36.5 Å². The van der Waals surface area contributed by atoms with Crippen molar-refractivity contribution in [2.24, 2.45) is 5.73 Å². The normalized spacial score (nSPS) is 12.4. The molecule has 4 heteroatoms. The van der Waals surface area contributed by atoms with Crippen molar-refractivity contribution in [3.8, 4) is 0 Å². The second-order valence-corrected chi connectivity index (χ2v) is 4.42. The number of benzene rings is 1. The quantitative estimate of drug-likeness (QED) is 0.872. The first kappa shape index (κ1) is 12.5. The highest BCUT2D eigenvalue weighted by molar-refractivity contribution is 5.40. The Morgan fingerprint density at radius 2 is 2.11 bits per heavy atom. The zero-order chi connectivity index (χ0) is 13.1. The topological polar surface area (TPSA) is 64.9 Å². The van der Waals surface area contributed by atoms with E-state index in [2.05, 4.69) is 4.98 Å². The van der Waals surface area contributed by atoms with Gasteiger partial charge in [0, 0.05) is 12.2 Å². The lowest BCUT2D eigenvalue weighted by atomic mass is 9.98. The summed E-state index contributed by atoms with van der Waals surface area (Å²) in [6.07, 6.45) is 2.18. The van der Waals surface area contributed by atoms with Crippen molar-refractivity contribution < 1.29 is 4.39 Å². The van der Waals surface area contributed by atoms with E-state index in [-0.39, 0.29) is 11.9 Å². The maximum absolute atomic E-state index is 13.3. The third-order valence-electron chi connectivity index (χ3n) is 2.86. The third-order valence-corrected chi connectivity index (χ3v) is 2.86. The number of hydrogen-bond acceptors (Lipinski definition) is 3. The molecule has 0 saturated heterocycles. The van der Waals surface area contributed by atoms with Crippen LogP contribution in [0.1, 0.15) is 22.7 Å². The van der Waals surface area contributed by atoms with Gasteiger partial charge in [-0.2, -0.15) is 0 Å². The number of nitrogen functional groups attached to an aromatic ring is 1. The SMILES string of the molecule is Cc1cc(F)cc(C(N)Cc2cccnc2N)c1. The predicted octanol–water partition coefficient (Wildman–Crippen LogP) is 2.35. The lowest BCUT2D eigenvalue weighted by Crippen LogP contribution is -2.15. The van der Waals surface area contributed by atoms with Crippen LogP contribution in [-0.2, 0) is 6.42 Å². The highest BCUT2D eigenvalue weighted by Gasteiger charge is 2.11. The van der Waals surface area contributed by atoms with E-state index in [1.54, 1.807) is 6.20 Å². The summed E-state index contributed by atoms with van der Waals surface area (Å²) in [7, 11) is 0. The number of nitrogens with zero attached hydrogens (tertiary/aromatic N) is 1. The van der Waals surface area contributed by atoms with Crippen LogP contribution in [0.2, 0.25) is 0 Å². The molecule has 0 spiro atoms. The number of pyridine rings is 1. The van der Waals surface area contributed by atoms with E-state index in [4.69, 9.17) is 11.5 Å². The molecular formula is C14H16FN3. The molecule has 0 radical (unpaired) electrons. The molecule has 1 aromatic heterocycles. The fourth-order valence-electron chi connectivity index (χ4n) is 1.96. The zero-order valence-corrected chi connectivity index (χ0v) is 10.2. The lowest BCUT2D eigenvalue weighted by Gasteiger charge is -2.14. The number of anilines is 1. The molecule has 0 amide bonds. The van der Waals surface area contributed by atoms with Crippen molar-refractivity contribution in [1.29, 1.82) is 0 Å². The minimum atomic E-state index is -0.286. The summed E-state index contributed by atoms with van der Waals surface area (Å²) in [6, 6.07) is 8.24. The molecule has 2 aromatic rings. The van der Waals surface area contributed by atoms with E-state index in [0.717, 1.165) is 16.7 Å². The Morgan fingerprint density at radius 3 is 2.78 bits per heavy atom. The molecule has 1 atom stereocenters. The smallest absolute Gasteiger partial charge is 0.126 e. The standard InChI is InChI=1S/C14H16FN3/c1-9-5-11(7-12(15)6-9)13(16)8-10-3-2-4-18-14(10)17/h2-7,13H,8,16H2,1H3,(H2,17,18). The van der Waals surface area contributed by atoms with Gasteiger partial charge in [0.2, 0.25) is 0 Å². The van der Waals surface area contributed by atoms with Crippen molar-refractivity contribution in [2.45, 2.75) is 19.4 Å². The van der Waals surface area contributed by atoms with Crippen molar-refractivity contribution >= 4 is 5.82 Å². The summed E-state index contributed by atoms with van der Waals surface area (Å²) >= 11 is 0. The van der Waals surface area contributed by atoms with Gasteiger partial charge in [0.05, 0.1) is 0 Å². The van der Waals surface area contributed by atoms with Crippen LogP contribution in [0.5, 0.6) is 0 Å². The molecule has 1 heterocycles. The first-order chi connectivity index (χ1) is 8.56. The summed E-state index contributed by atoms with van der Waals surface area (Å²) in [5.41, 5.74) is 14.4. The molecule has 3 nitrogen and oxygen atoms in total. The molecule has 0 aliphatic heterocycles. The summed E-state index contributed by atoms with van der Waals surface area (Å²) in [6.45, 7) is 1.84. The molecule has 94 valence electrons. The number of aryl methyl sites for hydroxylation is 1. The van der Waals surface area contributed by atoms with Gasteiger partial charge in [-0.3, -0.25) is 0 Å². The van der Waals surface area contributed by atoms with Gasteiger partial charge in [-0.05, 0) is 48.2 Å². The zero-order valence-electron chi connectivity index (χ0n) is 10.2. The van der Waals surface area contributed by atoms with Gasteiger partial charge in [0.15, 0.2) is 0 Å². The Balaban J connectivity index is 2.22. The Morgan fingerprint density at radius 1 is 1.33 bits per heavy atom. The van der Waals surface area contributed by atoms with Gasteiger partial charge >= 0.3 is 0 Å². The first-order valence-corrected chi connectivity index (χ1v) is 5.78. The lowest BCUT2D eigenvalue weighted by molar-refractivity contribution is 0.617. The van der Waals surface area contributed by atoms with Crippen LogP contribution in [0, 0.1) is 12.7 Å². The Bertz CT molecular complexity index is 534. The van der Waals surface area contributed by atoms with E-state index in [0.29, 0.717) is 12.2 Å². The molecule has 4 N–H and O–H groups in total. The van der Waals surface area contributed by atoms with E-state index >= 15 is 0 Å². The largest absolute Gasteiger partial charge is 0.383 e. The highest BCUT2D eigenvalue weighted by atomic mass is 19.1. The van der Waals surface area contributed by atoms with Crippen LogP contribution in [0.3, 0.4) is 0 Å². The molecule has 0 aliphatic rings. The van der Waals surface area contributed by atoms with Crippen LogP contribution in [0.25, 0.3) is 0 Å². The van der Waals surface area contributed by atoms with E-state index < -0.39 is 0 Å². The van der Waals surface area contributed by atoms with Crippen molar-refractivity contribution in [3.63, 3.8) is 0 Å². The number of rotatable bonds is 3. The molecule has 0 bridgehead atoms. The molecule has 0 fully saturated rings. The first-order valence-electron chi connectivity index (χ1n) is 5.78. The fourth-order valence-corrected chi connectivity index (χ4v) is 1.96. The van der Waals surface area contributed by atoms with Crippen LogP contribution < -0.4 is 11.5 Å². The summed E-state index contributed by atoms with van der Waals surface area (Å²) in [4.78, 5) is 4.01. The van der Waals surface area contributed by atoms with Gasteiger partial charge in [-0.1, -0.05) is 12.1 Å². The number of halogens is 1. The van der Waals surface area contributed by atoms with Gasteiger partial charge in [-0.25, -0.2) is 9.37 Å². The van der Waals surface area contributed by atoms with E-state index in [1.165, 1.54) is 12.1 Å². The molecule has 0 saturated carbocycles. The Labute approximate surface area is 106 Å². The maximum Gasteiger partial charge on any atom is 0.126 e. The number of nitrogens with two attached hydrogens (primary N) is 2. The Kier molecular flexibility index (Phi) is 3.58. The second kappa shape index (κ2) is 5.14. The van der Waals surface area contributed by atoms with Crippen LogP contribution >= 0.6 is 0 Å². The minimum Gasteiger partial charge on any atom is -0.383 e. The molecular weight excluding hydrogens is 229 g/mol. The second-order valence-electron chi connectivity index (χ2n) is 4.42. The highest BCUT2D eigenvalue weighted by Crippen LogP contribution is 2.20. The van der Waals surface area contributed by atoms with E-state index in [1.807, 2.05) is 25.1 Å². The minimum absolute atomic E-state index is 0.264. The van der Waals surface area contributed by atoms with Gasteiger partial charge in [0.25, 0.3) is 0 Å². The van der Waals surface area contributed by atoms with Crippen LogP contribution in [-0.4, -0.2) is 4.98 Å². The maximum atomic E-state index is 13.3. The molecule has 0 aliphatic carbocycles. The summed E-state index contributed by atoms with van der Waals surface area (Å²) < 4.78 is 13.3. The average Bonchev–Trinajstić information content (AvgIpc) is 2.31. The van der Waals surface area contributed by atoms with Crippen molar-refractivity contribution in [1.82, 2.24) is 4.98 Å². The van der Waals surface area contributed by atoms with E-state index in [9.17, 15) is 4.39 Å². The molecule has 1 unspecified atom stereocenters. The Hall–Kier alpha value is -1.94. The summed E-state index contributed by atoms with van der Waals surface area (Å²) in [5.74, 6) is 0.209. The van der Waals surface area contributed by atoms with Gasteiger partial charge < -0.3 is 11.5 Å². The van der Waals surface area contributed by atoms with Crippen LogP contribution in [0.4, 0.5) is 10.2 Å². The molecule has 2 rings (SSSR count). The fraction of sp³-hybridized carbons (Fsp3) is 0.214. The predicted molar refractivity (Wildman–Crippen MR) is 70.4 cm³/mol. The van der Waals surface area contributed by atoms with Gasteiger partial charge in [-0.15, -0.1) is 0 Å². The molecule has 1 aromatic carbocycles. The monoisotopic (exact) mass is 245 g/mol. The third kappa shape index (κ3) is 2.84. The van der Waals surface area contributed by atoms with Crippen molar-refractivity contribution in [2.75, 3.05) is 5.73 Å². The number of hydrogen-bond donors (Lipinski definition) is 2. The van der Waals surface area contributed by atoms with Crippen molar-refractivity contribution in [3.05, 3.63) is 59.0 Å². The average molecular weight is 245 g/mol.